The second kappa shape index (κ2) is 6.68. The minimum Gasteiger partial charge on any atom is -0.385 e. The first-order valence-corrected chi connectivity index (χ1v) is 7.21. The third kappa shape index (κ3) is 3.78. The highest BCUT2D eigenvalue weighted by Crippen LogP contribution is 2.22. The summed E-state index contributed by atoms with van der Waals surface area (Å²) >= 11 is 1.71. The summed E-state index contributed by atoms with van der Waals surface area (Å²) in [5.74, 6) is 0.886. The molecule has 1 unspecified atom stereocenters. The van der Waals surface area contributed by atoms with E-state index in [0.29, 0.717) is 0 Å². The van der Waals surface area contributed by atoms with Gasteiger partial charge in [0.25, 0.3) is 0 Å². The summed E-state index contributed by atoms with van der Waals surface area (Å²) in [7, 11) is 1.72. The van der Waals surface area contributed by atoms with Crippen molar-refractivity contribution in [2.24, 2.45) is 0 Å². The number of thiazole rings is 1. The predicted molar refractivity (Wildman–Crippen MR) is 77.6 cm³/mol. The van der Waals surface area contributed by atoms with E-state index in [1.54, 1.807) is 18.4 Å². The van der Waals surface area contributed by atoms with Crippen LogP contribution in [0.15, 0.2) is 18.6 Å². The Labute approximate surface area is 117 Å². The van der Waals surface area contributed by atoms with Crippen LogP contribution in [0.2, 0.25) is 0 Å². The van der Waals surface area contributed by atoms with Gasteiger partial charge in [-0.25, -0.2) is 9.97 Å². The van der Waals surface area contributed by atoms with Crippen LogP contribution >= 0.6 is 11.3 Å². The van der Waals surface area contributed by atoms with Crippen LogP contribution in [-0.4, -0.2) is 28.3 Å². The van der Waals surface area contributed by atoms with Crippen molar-refractivity contribution in [3.05, 3.63) is 28.5 Å². The Bertz CT molecular complexity index is 508. The Morgan fingerprint density at radius 1 is 1.47 bits per heavy atom. The molecule has 0 amide bonds. The lowest BCUT2D eigenvalue weighted by Crippen LogP contribution is -2.12. The van der Waals surface area contributed by atoms with Gasteiger partial charge in [-0.15, -0.1) is 11.3 Å². The zero-order valence-corrected chi connectivity index (χ0v) is 12.4. The van der Waals surface area contributed by atoms with Gasteiger partial charge in [0.15, 0.2) is 0 Å². The molecular formula is C13H20N4OS. The molecule has 2 aromatic heterocycles. The fourth-order valence-corrected chi connectivity index (χ4v) is 2.61. The van der Waals surface area contributed by atoms with Crippen molar-refractivity contribution >= 4 is 17.3 Å². The first-order valence-electron chi connectivity index (χ1n) is 6.39. The molecule has 0 aliphatic carbocycles. The van der Waals surface area contributed by atoms with Crippen molar-refractivity contribution in [3.63, 3.8) is 0 Å². The molecule has 0 aliphatic heterocycles. The molecule has 0 radical (unpaired) electrons. The SMILES string of the molecule is COCCCn1ccnc1NC(C)c1ncc(C)s1. The minimum atomic E-state index is 0.169. The summed E-state index contributed by atoms with van der Waals surface area (Å²) < 4.78 is 7.18. The van der Waals surface area contributed by atoms with E-state index in [1.807, 2.05) is 18.6 Å². The maximum Gasteiger partial charge on any atom is 0.203 e. The monoisotopic (exact) mass is 280 g/mol. The number of aryl methyl sites for hydroxylation is 2. The molecule has 0 fully saturated rings. The zero-order valence-electron chi connectivity index (χ0n) is 11.6. The van der Waals surface area contributed by atoms with Gasteiger partial charge in [-0.1, -0.05) is 0 Å². The number of nitrogens with zero attached hydrogens (tertiary/aromatic N) is 3. The number of hydrogen-bond donors (Lipinski definition) is 1. The number of methoxy groups -OCH3 is 1. The summed E-state index contributed by atoms with van der Waals surface area (Å²) in [6, 6.07) is 0.169. The van der Waals surface area contributed by atoms with Gasteiger partial charge in [0, 0.05) is 43.7 Å². The molecule has 0 spiro atoms. The topological polar surface area (TPSA) is 52.0 Å². The Morgan fingerprint density at radius 3 is 3.00 bits per heavy atom. The van der Waals surface area contributed by atoms with Gasteiger partial charge in [0.1, 0.15) is 5.01 Å². The fourth-order valence-electron chi connectivity index (χ4n) is 1.84. The van der Waals surface area contributed by atoms with Crippen molar-refractivity contribution in [1.29, 1.82) is 0 Å². The number of imidazole rings is 1. The number of ether oxygens (including phenoxy) is 1. The molecule has 0 saturated carbocycles. The van der Waals surface area contributed by atoms with Crippen molar-refractivity contribution in [2.75, 3.05) is 19.0 Å². The Kier molecular flexibility index (Phi) is 4.93. The van der Waals surface area contributed by atoms with Crippen LogP contribution in [0.1, 0.15) is 29.3 Å². The second-order valence-electron chi connectivity index (χ2n) is 4.47. The third-order valence-corrected chi connectivity index (χ3v) is 3.91. The molecule has 0 aromatic carbocycles. The van der Waals surface area contributed by atoms with E-state index >= 15 is 0 Å². The number of nitrogens with one attached hydrogen (secondary N) is 1. The summed E-state index contributed by atoms with van der Waals surface area (Å²) in [6.07, 6.45) is 6.68. The molecule has 0 aliphatic rings. The van der Waals surface area contributed by atoms with E-state index in [-0.39, 0.29) is 6.04 Å². The lowest BCUT2D eigenvalue weighted by molar-refractivity contribution is 0.190. The summed E-state index contributed by atoms with van der Waals surface area (Å²) in [6.45, 7) is 5.84. The van der Waals surface area contributed by atoms with Crippen LogP contribution in [0.25, 0.3) is 0 Å². The van der Waals surface area contributed by atoms with Gasteiger partial charge in [-0.05, 0) is 20.3 Å². The number of rotatable bonds is 7. The molecule has 0 saturated heterocycles. The van der Waals surface area contributed by atoms with E-state index in [1.165, 1.54) is 4.88 Å². The van der Waals surface area contributed by atoms with Crippen LogP contribution in [0.3, 0.4) is 0 Å². The Balaban J connectivity index is 1.97. The molecule has 2 heterocycles. The van der Waals surface area contributed by atoms with E-state index in [9.17, 15) is 0 Å². The van der Waals surface area contributed by atoms with Crippen LogP contribution < -0.4 is 5.32 Å². The average molecular weight is 280 g/mol. The molecule has 0 bridgehead atoms. The first kappa shape index (κ1) is 14.0. The molecule has 5 nitrogen and oxygen atoms in total. The van der Waals surface area contributed by atoms with E-state index in [0.717, 1.165) is 30.5 Å². The molecule has 2 aromatic rings. The normalized spacial score (nSPS) is 12.6. The molecule has 2 rings (SSSR count). The van der Waals surface area contributed by atoms with E-state index in [2.05, 4.69) is 33.7 Å². The fraction of sp³-hybridized carbons (Fsp3) is 0.538. The number of anilines is 1. The number of hydrogen-bond acceptors (Lipinski definition) is 5. The molecular weight excluding hydrogens is 260 g/mol. The molecule has 1 atom stereocenters. The van der Waals surface area contributed by atoms with E-state index in [4.69, 9.17) is 4.74 Å². The first-order chi connectivity index (χ1) is 9.20. The third-order valence-electron chi connectivity index (χ3n) is 2.82. The largest absolute Gasteiger partial charge is 0.385 e. The second-order valence-corrected chi connectivity index (χ2v) is 5.73. The number of aromatic nitrogens is 3. The summed E-state index contributed by atoms with van der Waals surface area (Å²) in [4.78, 5) is 9.98. The van der Waals surface area contributed by atoms with E-state index < -0.39 is 0 Å². The highest BCUT2D eigenvalue weighted by atomic mass is 32.1. The van der Waals surface area contributed by atoms with Crippen LogP contribution in [0.4, 0.5) is 5.95 Å². The molecule has 1 N–H and O–H groups in total. The Morgan fingerprint density at radius 2 is 2.32 bits per heavy atom. The van der Waals surface area contributed by atoms with Gasteiger partial charge in [0.2, 0.25) is 5.95 Å². The smallest absolute Gasteiger partial charge is 0.203 e. The lowest BCUT2D eigenvalue weighted by Gasteiger charge is -2.14. The zero-order chi connectivity index (χ0) is 13.7. The summed E-state index contributed by atoms with van der Waals surface area (Å²) in [5.41, 5.74) is 0. The minimum absolute atomic E-state index is 0.169. The van der Waals surface area contributed by atoms with Crippen LogP contribution in [0, 0.1) is 6.92 Å². The van der Waals surface area contributed by atoms with Crippen molar-refractivity contribution in [3.8, 4) is 0 Å². The lowest BCUT2D eigenvalue weighted by atomic mass is 10.3. The van der Waals surface area contributed by atoms with Gasteiger partial charge in [-0.3, -0.25) is 0 Å². The van der Waals surface area contributed by atoms with Gasteiger partial charge in [0.05, 0.1) is 6.04 Å². The summed E-state index contributed by atoms with van der Waals surface area (Å²) in [5, 5.41) is 4.49. The molecule has 19 heavy (non-hydrogen) atoms. The molecule has 104 valence electrons. The average Bonchev–Trinajstić information content (AvgIpc) is 2.99. The van der Waals surface area contributed by atoms with Gasteiger partial charge >= 0.3 is 0 Å². The highest BCUT2D eigenvalue weighted by Gasteiger charge is 2.12. The molecule has 6 heteroatoms. The van der Waals surface area contributed by atoms with Crippen molar-refractivity contribution < 1.29 is 4.74 Å². The van der Waals surface area contributed by atoms with Gasteiger partial charge in [-0.2, -0.15) is 0 Å². The maximum absolute atomic E-state index is 5.07. The van der Waals surface area contributed by atoms with Crippen LogP contribution in [-0.2, 0) is 11.3 Å². The van der Waals surface area contributed by atoms with Gasteiger partial charge < -0.3 is 14.6 Å². The van der Waals surface area contributed by atoms with Crippen molar-refractivity contribution in [1.82, 2.24) is 14.5 Å². The van der Waals surface area contributed by atoms with Crippen molar-refractivity contribution in [2.45, 2.75) is 32.9 Å². The van der Waals surface area contributed by atoms with Crippen LogP contribution in [0.5, 0.6) is 0 Å². The predicted octanol–water partition coefficient (Wildman–Crippen LogP) is 2.86. The Hall–Kier alpha value is -1.40. The standard InChI is InChI=1S/C13H20N4OS/c1-10-9-15-12(19-10)11(2)16-13-14-5-7-17(13)6-4-8-18-3/h5,7,9,11H,4,6,8H2,1-3H3,(H,14,16). The quantitative estimate of drug-likeness (QED) is 0.792. The maximum atomic E-state index is 5.07. The highest BCUT2D eigenvalue weighted by molar-refractivity contribution is 7.11.